The summed E-state index contributed by atoms with van der Waals surface area (Å²) in [7, 11) is 1.77. The van der Waals surface area contributed by atoms with Gasteiger partial charge in [0, 0.05) is 19.2 Å². The molecule has 0 N–H and O–H groups in total. The third-order valence-electron chi connectivity index (χ3n) is 3.58. The molecule has 0 bridgehead atoms. The minimum Gasteiger partial charge on any atom is -0.489 e. The second kappa shape index (κ2) is 12.0. The molecule has 25 heavy (non-hydrogen) atoms. The van der Waals surface area contributed by atoms with Crippen molar-refractivity contribution in [1.29, 1.82) is 0 Å². The van der Waals surface area contributed by atoms with Crippen LogP contribution >= 0.6 is 0 Å². The Bertz CT molecular complexity index is 661. The van der Waals surface area contributed by atoms with E-state index < -0.39 is 0 Å². The molecular weight excluding hydrogens is 310 g/mol. The standard InChI is InChI=1S/C16H17NO.C5H10O.CH4/c1-13-8-9-16(10-15(13)11-17-2)18-12-14-6-4-3-5-7-14;1-4(2)5(3)6;/h3-11H,12H2,1-2H3;4H,1-3H3;1H4. The number of carbonyl (C=O) groups is 1. The number of nitrogens with zero attached hydrogens (tertiary/aromatic N) is 1. The Morgan fingerprint density at radius 2 is 1.76 bits per heavy atom. The van der Waals surface area contributed by atoms with E-state index >= 15 is 0 Å². The smallest absolute Gasteiger partial charge is 0.132 e. The molecule has 0 atom stereocenters. The van der Waals surface area contributed by atoms with E-state index in [1.807, 2.05) is 50.4 Å². The van der Waals surface area contributed by atoms with Gasteiger partial charge in [-0.3, -0.25) is 9.79 Å². The highest BCUT2D eigenvalue weighted by Crippen LogP contribution is 2.17. The molecule has 0 spiro atoms. The van der Waals surface area contributed by atoms with E-state index in [-0.39, 0.29) is 19.1 Å². The summed E-state index contributed by atoms with van der Waals surface area (Å²) < 4.78 is 5.77. The first-order valence-corrected chi connectivity index (χ1v) is 8.14. The van der Waals surface area contributed by atoms with E-state index in [9.17, 15) is 4.79 Å². The number of rotatable bonds is 5. The highest BCUT2D eigenvalue weighted by atomic mass is 16.5. The lowest BCUT2D eigenvalue weighted by atomic mass is 10.1. The molecule has 0 aliphatic rings. The summed E-state index contributed by atoms with van der Waals surface area (Å²) in [5, 5.41) is 0. The van der Waals surface area contributed by atoms with Crippen molar-refractivity contribution in [3.05, 3.63) is 65.2 Å². The Balaban J connectivity index is 0.000000715. The van der Waals surface area contributed by atoms with Crippen LogP contribution in [0.2, 0.25) is 0 Å². The molecule has 136 valence electrons. The quantitative estimate of drug-likeness (QED) is 0.674. The van der Waals surface area contributed by atoms with Gasteiger partial charge in [-0.25, -0.2) is 0 Å². The van der Waals surface area contributed by atoms with Gasteiger partial charge >= 0.3 is 0 Å². The van der Waals surface area contributed by atoms with Gasteiger partial charge in [-0.1, -0.05) is 57.7 Å². The van der Waals surface area contributed by atoms with Crippen molar-refractivity contribution >= 4 is 12.0 Å². The number of hydrogen-bond acceptors (Lipinski definition) is 3. The topological polar surface area (TPSA) is 38.7 Å². The van der Waals surface area contributed by atoms with Crippen LogP contribution in [0.4, 0.5) is 0 Å². The monoisotopic (exact) mass is 341 g/mol. The Labute approximate surface area is 152 Å². The molecular formula is C22H31NO2. The number of aryl methyl sites for hydroxylation is 1. The fraction of sp³-hybridized carbons (Fsp3) is 0.364. The zero-order valence-corrected chi connectivity index (χ0v) is 15.2. The van der Waals surface area contributed by atoms with Crippen LogP contribution in [-0.4, -0.2) is 19.0 Å². The average molecular weight is 341 g/mol. The lowest BCUT2D eigenvalue weighted by Crippen LogP contribution is -1.98. The fourth-order valence-electron chi connectivity index (χ4n) is 1.73. The molecule has 2 aromatic rings. The molecule has 0 saturated heterocycles. The van der Waals surface area contributed by atoms with Crippen LogP contribution in [-0.2, 0) is 11.4 Å². The number of hydrogen-bond donors (Lipinski definition) is 0. The Hall–Kier alpha value is -2.42. The molecule has 0 saturated carbocycles. The number of aliphatic imine (C=N–C) groups is 1. The Morgan fingerprint density at radius 1 is 1.16 bits per heavy atom. The Morgan fingerprint density at radius 3 is 2.28 bits per heavy atom. The van der Waals surface area contributed by atoms with E-state index in [2.05, 4.69) is 30.1 Å². The highest BCUT2D eigenvalue weighted by Gasteiger charge is 2.00. The zero-order valence-electron chi connectivity index (χ0n) is 15.2. The van der Waals surface area contributed by atoms with Gasteiger partial charge in [0.25, 0.3) is 0 Å². The van der Waals surface area contributed by atoms with E-state index in [0.29, 0.717) is 6.61 Å². The first kappa shape index (κ1) is 22.6. The molecule has 2 rings (SSSR count). The molecule has 3 heteroatoms. The molecule has 0 aliphatic heterocycles. The van der Waals surface area contributed by atoms with E-state index in [1.165, 1.54) is 11.1 Å². The van der Waals surface area contributed by atoms with Gasteiger partial charge in [-0.05, 0) is 42.7 Å². The molecule has 0 fully saturated rings. The van der Waals surface area contributed by atoms with E-state index in [0.717, 1.165) is 11.3 Å². The summed E-state index contributed by atoms with van der Waals surface area (Å²) in [5.41, 5.74) is 3.47. The van der Waals surface area contributed by atoms with Crippen molar-refractivity contribution in [1.82, 2.24) is 0 Å². The molecule has 0 unspecified atom stereocenters. The SMILES string of the molecule is C.CC(=O)C(C)C.CN=Cc1cc(OCc2ccccc2)ccc1C. The summed E-state index contributed by atoms with van der Waals surface area (Å²) >= 11 is 0. The van der Waals surface area contributed by atoms with Crippen molar-refractivity contribution < 1.29 is 9.53 Å². The first-order valence-electron chi connectivity index (χ1n) is 8.14. The van der Waals surface area contributed by atoms with Crippen LogP contribution in [0.5, 0.6) is 5.75 Å². The van der Waals surface area contributed by atoms with Crippen LogP contribution < -0.4 is 4.74 Å². The van der Waals surface area contributed by atoms with Crippen molar-refractivity contribution in [3.8, 4) is 5.75 Å². The third kappa shape index (κ3) is 8.85. The van der Waals surface area contributed by atoms with Gasteiger partial charge in [0.2, 0.25) is 0 Å². The first-order chi connectivity index (χ1) is 11.4. The van der Waals surface area contributed by atoms with Crippen LogP contribution in [0.25, 0.3) is 0 Å². The molecule has 0 radical (unpaired) electrons. The second-order valence-electron chi connectivity index (χ2n) is 5.95. The van der Waals surface area contributed by atoms with Crippen LogP contribution in [0.1, 0.15) is 44.9 Å². The number of Topliss-reactive ketones (excluding diaryl/α,β-unsaturated/α-hetero) is 1. The molecule has 3 nitrogen and oxygen atoms in total. The van der Waals surface area contributed by atoms with E-state index in [1.54, 1.807) is 14.0 Å². The summed E-state index contributed by atoms with van der Waals surface area (Å²) in [5.74, 6) is 1.35. The van der Waals surface area contributed by atoms with Crippen molar-refractivity contribution in [3.63, 3.8) is 0 Å². The van der Waals surface area contributed by atoms with Crippen LogP contribution in [0.15, 0.2) is 53.5 Å². The van der Waals surface area contributed by atoms with Gasteiger partial charge in [-0.15, -0.1) is 0 Å². The summed E-state index contributed by atoms with van der Waals surface area (Å²) in [6.07, 6.45) is 1.85. The minimum absolute atomic E-state index is 0. The number of ether oxygens (including phenoxy) is 1. The minimum atomic E-state index is 0. The predicted octanol–water partition coefficient (Wildman–Crippen LogP) is 5.49. The molecule has 0 aromatic heterocycles. The van der Waals surface area contributed by atoms with Gasteiger partial charge in [0.15, 0.2) is 0 Å². The second-order valence-corrected chi connectivity index (χ2v) is 5.95. The fourth-order valence-corrected chi connectivity index (χ4v) is 1.73. The summed E-state index contributed by atoms with van der Waals surface area (Å²) in [4.78, 5) is 14.2. The maximum Gasteiger partial charge on any atom is 0.132 e. The summed E-state index contributed by atoms with van der Waals surface area (Å²) in [6, 6.07) is 16.2. The molecule has 0 amide bonds. The molecule has 0 heterocycles. The van der Waals surface area contributed by atoms with Crippen molar-refractivity contribution in [2.24, 2.45) is 10.9 Å². The third-order valence-corrected chi connectivity index (χ3v) is 3.58. The number of carbonyl (C=O) groups excluding carboxylic acids is 1. The predicted molar refractivity (Wildman–Crippen MR) is 108 cm³/mol. The zero-order chi connectivity index (χ0) is 17.9. The average Bonchev–Trinajstić information content (AvgIpc) is 2.57. The normalized spacial score (nSPS) is 10.0. The van der Waals surface area contributed by atoms with Gasteiger partial charge in [0.05, 0.1) is 0 Å². The lowest BCUT2D eigenvalue weighted by Gasteiger charge is -2.08. The van der Waals surface area contributed by atoms with E-state index in [4.69, 9.17) is 4.74 Å². The van der Waals surface area contributed by atoms with Crippen molar-refractivity contribution in [2.45, 2.75) is 41.7 Å². The number of ketones is 1. The molecule has 2 aromatic carbocycles. The highest BCUT2D eigenvalue weighted by molar-refractivity contribution is 5.82. The van der Waals surface area contributed by atoms with Gasteiger partial charge in [-0.2, -0.15) is 0 Å². The van der Waals surface area contributed by atoms with Crippen LogP contribution in [0.3, 0.4) is 0 Å². The largest absolute Gasteiger partial charge is 0.489 e. The lowest BCUT2D eigenvalue weighted by molar-refractivity contribution is -0.119. The Kier molecular flexibility index (Phi) is 10.9. The van der Waals surface area contributed by atoms with Crippen LogP contribution in [0, 0.1) is 12.8 Å². The summed E-state index contributed by atoms with van der Waals surface area (Å²) in [6.45, 7) is 8.04. The maximum atomic E-state index is 10.1. The van der Waals surface area contributed by atoms with Gasteiger partial charge in [0.1, 0.15) is 18.1 Å². The molecule has 0 aliphatic carbocycles. The number of benzene rings is 2. The maximum absolute atomic E-state index is 10.1. The van der Waals surface area contributed by atoms with Gasteiger partial charge < -0.3 is 4.74 Å². The van der Waals surface area contributed by atoms with Crippen molar-refractivity contribution in [2.75, 3.05) is 7.05 Å².